The smallest absolute Gasteiger partial charge is 0.0789 e. The van der Waals surface area contributed by atoms with Crippen molar-refractivity contribution in [2.45, 2.75) is 52.9 Å². The maximum atomic E-state index is 2.38. The topological polar surface area (TPSA) is 0 Å². The molecule has 0 aliphatic carbocycles. The molecule has 1 heterocycles. The first-order valence-corrected chi connectivity index (χ1v) is 6.61. The molecular weight excluding hydrogens is 170 g/mol. The lowest BCUT2D eigenvalue weighted by Crippen LogP contribution is -2.53. The van der Waals surface area contributed by atoms with Crippen LogP contribution in [0.15, 0.2) is 0 Å². The van der Waals surface area contributed by atoms with Gasteiger partial charge < -0.3 is 4.48 Å². The van der Waals surface area contributed by atoms with Crippen molar-refractivity contribution in [2.75, 3.05) is 26.2 Å². The Labute approximate surface area is 90.1 Å². The molecule has 0 atom stereocenters. The Bertz CT molecular complexity index is 145. The van der Waals surface area contributed by atoms with Gasteiger partial charge in [-0.1, -0.05) is 26.7 Å². The highest BCUT2D eigenvalue weighted by Crippen LogP contribution is 2.26. The Morgan fingerprint density at radius 3 is 2.14 bits per heavy atom. The third-order valence-corrected chi connectivity index (χ3v) is 4.26. The molecule has 1 saturated heterocycles. The summed E-state index contributed by atoms with van der Waals surface area (Å²) >= 11 is 0. The zero-order chi connectivity index (χ0) is 10.4. The predicted molar refractivity (Wildman–Crippen MR) is 63.3 cm³/mol. The molecule has 0 unspecified atom stereocenters. The van der Waals surface area contributed by atoms with Crippen LogP contribution in [0.5, 0.6) is 0 Å². The molecule has 1 heteroatoms. The first-order valence-electron chi connectivity index (χ1n) is 6.61. The van der Waals surface area contributed by atoms with Crippen LogP contribution in [0, 0.1) is 5.92 Å². The fourth-order valence-corrected chi connectivity index (χ4v) is 2.77. The molecule has 0 aromatic rings. The van der Waals surface area contributed by atoms with Gasteiger partial charge in [0.2, 0.25) is 0 Å². The molecule has 1 aliphatic heterocycles. The van der Waals surface area contributed by atoms with Crippen molar-refractivity contribution >= 4 is 0 Å². The molecule has 0 amide bonds. The molecule has 0 saturated carbocycles. The van der Waals surface area contributed by atoms with Crippen LogP contribution >= 0.6 is 0 Å². The summed E-state index contributed by atoms with van der Waals surface area (Å²) in [5.74, 6) is 1.04. The van der Waals surface area contributed by atoms with E-state index in [0.29, 0.717) is 0 Å². The van der Waals surface area contributed by atoms with Crippen LogP contribution in [0.2, 0.25) is 0 Å². The second-order valence-electron chi connectivity index (χ2n) is 5.03. The van der Waals surface area contributed by atoms with Crippen molar-refractivity contribution in [3.63, 3.8) is 0 Å². The van der Waals surface area contributed by atoms with Gasteiger partial charge in [0.1, 0.15) is 0 Å². The number of hydrogen-bond acceptors (Lipinski definition) is 0. The first kappa shape index (κ1) is 12.0. The minimum Gasteiger partial charge on any atom is -0.324 e. The quantitative estimate of drug-likeness (QED) is 0.594. The van der Waals surface area contributed by atoms with Gasteiger partial charge in [-0.3, -0.25) is 0 Å². The fourth-order valence-electron chi connectivity index (χ4n) is 2.77. The van der Waals surface area contributed by atoms with Crippen molar-refractivity contribution in [3.8, 4) is 0 Å². The van der Waals surface area contributed by atoms with Gasteiger partial charge in [0.25, 0.3) is 0 Å². The average Bonchev–Trinajstić information content (AvgIpc) is 2.27. The van der Waals surface area contributed by atoms with Gasteiger partial charge in [-0.15, -0.1) is 0 Å². The maximum absolute atomic E-state index is 2.38. The maximum Gasteiger partial charge on any atom is 0.0789 e. The molecule has 1 nitrogen and oxygen atoms in total. The lowest BCUT2D eigenvalue weighted by molar-refractivity contribution is -0.932. The molecular formula is C13H28N+. The first-order chi connectivity index (χ1) is 6.76. The molecule has 0 N–H and O–H groups in total. The number of quaternary nitrogens is 1. The van der Waals surface area contributed by atoms with Crippen molar-refractivity contribution < 1.29 is 4.48 Å². The summed E-state index contributed by atoms with van der Waals surface area (Å²) in [5.41, 5.74) is 0. The lowest BCUT2D eigenvalue weighted by atomic mass is 9.92. The van der Waals surface area contributed by atoms with Gasteiger partial charge in [0, 0.05) is 0 Å². The molecule has 1 rings (SSSR count). The van der Waals surface area contributed by atoms with E-state index < -0.39 is 0 Å². The summed E-state index contributed by atoms with van der Waals surface area (Å²) in [6, 6.07) is 0. The van der Waals surface area contributed by atoms with Crippen molar-refractivity contribution in [3.05, 3.63) is 0 Å². The zero-order valence-corrected chi connectivity index (χ0v) is 10.4. The van der Waals surface area contributed by atoms with Gasteiger partial charge in [0.05, 0.1) is 26.2 Å². The van der Waals surface area contributed by atoms with E-state index in [4.69, 9.17) is 0 Å². The largest absolute Gasteiger partial charge is 0.324 e. The summed E-state index contributed by atoms with van der Waals surface area (Å²) in [6.45, 7) is 12.7. The zero-order valence-electron chi connectivity index (χ0n) is 10.4. The van der Waals surface area contributed by atoms with E-state index in [-0.39, 0.29) is 0 Å². The normalized spacial score (nSPS) is 33.2. The van der Waals surface area contributed by atoms with Gasteiger partial charge in [-0.2, -0.15) is 0 Å². The second-order valence-corrected chi connectivity index (χ2v) is 5.03. The monoisotopic (exact) mass is 198 g/mol. The molecule has 14 heavy (non-hydrogen) atoms. The van der Waals surface area contributed by atoms with Crippen LogP contribution in [0.25, 0.3) is 0 Å². The van der Waals surface area contributed by atoms with Gasteiger partial charge in [0.15, 0.2) is 0 Å². The molecule has 84 valence electrons. The summed E-state index contributed by atoms with van der Waals surface area (Å²) in [4.78, 5) is 0. The minimum atomic E-state index is 1.04. The predicted octanol–water partition coefficient (Wildman–Crippen LogP) is 3.44. The molecule has 0 aromatic carbocycles. The van der Waals surface area contributed by atoms with E-state index >= 15 is 0 Å². The summed E-state index contributed by atoms with van der Waals surface area (Å²) in [7, 11) is 0. The Hall–Kier alpha value is -0.0400. The highest BCUT2D eigenvalue weighted by Gasteiger charge is 2.30. The Balaban J connectivity index is 2.39. The standard InChI is InChI=1S/C13H28N/c1-4-7-10-14(6-3)11-8-13(5-2)9-12-14/h13H,4-12H2,1-3H3/q+1. The van der Waals surface area contributed by atoms with E-state index in [0.717, 1.165) is 5.92 Å². The van der Waals surface area contributed by atoms with Crippen molar-refractivity contribution in [2.24, 2.45) is 5.92 Å². The molecule has 0 spiro atoms. The Morgan fingerprint density at radius 1 is 1.07 bits per heavy atom. The number of piperidine rings is 1. The summed E-state index contributed by atoms with van der Waals surface area (Å²) < 4.78 is 1.42. The Kier molecular flexibility index (Phi) is 4.94. The van der Waals surface area contributed by atoms with Gasteiger partial charge >= 0.3 is 0 Å². The molecule has 0 radical (unpaired) electrons. The van der Waals surface area contributed by atoms with Crippen LogP contribution in [0.4, 0.5) is 0 Å². The summed E-state index contributed by atoms with van der Waals surface area (Å²) in [6.07, 6.45) is 7.14. The van der Waals surface area contributed by atoms with Gasteiger partial charge in [-0.25, -0.2) is 0 Å². The fraction of sp³-hybridized carbons (Fsp3) is 1.00. The number of nitrogens with zero attached hydrogens (tertiary/aromatic N) is 1. The number of likely N-dealkylation sites (tertiary alicyclic amines) is 1. The second kappa shape index (κ2) is 5.75. The molecule has 0 bridgehead atoms. The highest BCUT2D eigenvalue weighted by molar-refractivity contribution is 4.63. The van der Waals surface area contributed by atoms with Gasteiger partial charge in [-0.05, 0) is 32.1 Å². The minimum absolute atomic E-state index is 1.04. The van der Waals surface area contributed by atoms with E-state index in [1.54, 1.807) is 0 Å². The molecule has 0 aromatic heterocycles. The van der Waals surface area contributed by atoms with E-state index in [2.05, 4.69) is 20.8 Å². The SMILES string of the molecule is CCCC[N+]1(CC)CCC(CC)CC1. The van der Waals surface area contributed by atoms with Crippen LogP contribution < -0.4 is 0 Å². The molecule has 1 fully saturated rings. The van der Waals surface area contributed by atoms with E-state index in [1.165, 1.54) is 62.8 Å². The van der Waals surface area contributed by atoms with Crippen LogP contribution in [-0.2, 0) is 0 Å². The number of hydrogen-bond donors (Lipinski definition) is 0. The van der Waals surface area contributed by atoms with Crippen LogP contribution in [0.3, 0.4) is 0 Å². The van der Waals surface area contributed by atoms with Crippen molar-refractivity contribution in [1.82, 2.24) is 0 Å². The van der Waals surface area contributed by atoms with Crippen LogP contribution in [-0.4, -0.2) is 30.7 Å². The average molecular weight is 198 g/mol. The summed E-state index contributed by atoms with van der Waals surface area (Å²) in [5, 5.41) is 0. The van der Waals surface area contributed by atoms with E-state index in [1.807, 2.05) is 0 Å². The third kappa shape index (κ3) is 2.98. The van der Waals surface area contributed by atoms with Crippen molar-refractivity contribution in [1.29, 1.82) is 0 Å². The third-order valence-electron chi connectivity index (χ3n) is 4.26. The number of unbranched alkanes of at least 4 members (excludes halogenated alkanes) is 1. The lowest BCUT2D eigenvalue weighted by Gasteiger charge is -2.43. The Morgan fingerprint density at radius 2 is 1.71 bits per heavy atom. The van der Waals surface area contributed by atoms with Crippen LogP contribution in [0.1, 0.15) is 52.9 Å². The number of rotatable bonds is 5. The molecule has 1 aliphatic rings. The van der Waals surface area contributed by atoms with E-state index in [9.17, 15) is 0 Å². The highest BCUT2D eigenvalue weighted by atomic mass is 15.3.